The Morgan fingerprint density at radius 1 is 1.45 bits per heavy atom. The van der Waals surface area contributed by atoms with Crippen molar-refractivity contribution in [2.24, 2.45) is 0 Å². The second-order valence-electron chi connectivity index (χ2n) is 3.77. The van der Waals surface area contributed by atoms with Gasteiger partial charge in [-0.2, -0.15) is 4.39 Å². The van der Waals surface area contributed by atoms with E-state index in [1.54, 1.807) is 0 Å². The molecule has 0 aliphatic heterocycles. The van der Waals surface area contributed by atoms with E-state index in [4.69, 9.17) is 5.11 Å². The molecule has 0 aromatic heterocycles. The van der Waals surface area contributed by atoms with Crippen molar-refractivity contribution in [3.05, 3.63) is 34.1 Å². The van der Waals surface area contributed by atoms with Crippen molar-refractivity contribution >= 4 is 21.7 Å². The first kappa shape index (κ1) is 16.0. The van der Waals surface area contributed by atoms with E-state index in [2.05, 4.69) is 4.72 Å². The predicted molar refractivity (Wildman–Crippen MR) is 65.1 cm³/mol. The topological polar surface area (TPSA) is 127 Å². The Morgan fingerprint density at radius 3 is 2.65 bits per heavy atom. The molecule has 8 nitrogen and oxygen atoms in total. The highest BCUT2D eigenvalue weighted by Gasteiger charge is 2.21. The zero-order valence-electron chi connectivity index (χ0n) is 10.1. The zero-order valence-corrected chi connectivity index (χ0v) is 10.9. The number of hydrogen-bond donors (Lipinski definition) is 2. The molecule has 0 spiro atoms. The summed E-state index contributed by atoms with van der Waals surface area (Å²) in [5.74, 6) is -2.21. The molecule has 20 heavy (non-hydrogen) atoms. The molecular formula is C10H11FN2O6S. The largest absolute Gasteiger partial charge is 0.481 e. The molecule has 0 atom stereocenters. The molecule has 0 aliphatic rings. The van der Waals surface area contributed by atoms with Crippen LogP contribution >= 0.6 is 0 Å². The number of sulfonamides is 1. The van der Waals surface area contributed by atoms with E-state index >= 15 is 0 Å². The van der Waals surface area contributed by atoms with Crippen molar-refractivity contribution in [2.75, 3.05) is 6.54 Å². The number of hydrogen-bond acceptors (Lipinski definition) is 5. The highest BCUT2D eigenvalue weighted by Crippen LogP contribution is 2.21. The molecule has 0 amide bonds. The van der Waals surface area contributed by atoms with Gasteiger partial charge in [-0.1, -0.05) is 0 Å². The van der Waals surface area contributed by atoms with Gasteiger partial charge in [0.25, 0.3) is 0 Å². The first-order valence-corrected chi connectivity index (χ1v) is 6.88. The molecule has 0 aliphatic carbocycles. The Kier molecular flexibility index (Phi) is 5.11. The third-order valence-corrected chi connectivity index (χ3v) is 3.74. The number of nitrogens with one attached hydrogen (secondary N) is 1. The average Bonchev–Trinajstić information content (AvgIpc) is 2.34. The predicted octanol–water partition coefficient (Wildman–Crippen LogP) is 0.877. The fourth-order valence-electron chi connectivity index (χ4n) is 1.33. The molecular weight excluding hydrogens is 295 g/mol. The van der Waals surface area contributed by atoms with Crippen LogP contribution in [0.15, 0.2) is 23.1 Å². The quantitative estimate of drug-likeness (QED) is 0.437. The number of rotatable bonds is 7. The highest BCUT2D eigenvalue weighted by atomic mass is 32.2. The number of carboxylic acid groups (broad SMARTS) is 1. The first-order valence-electron chi connectivity index (χ1n) is 5.39. The van der Waals surface area contributed by atoms with Gasteiger partial charge in [0.1, 0.15) is 0 Å². The van der Waals surface area contributed by atoms with E-state index in [1.165, 1.54) is 0 Å². The minimum absolute atomic E-state index is 0.0673. The number of aliphatic carboxylic acids is 1. The third kappa shape index (κ3) is 4.24. The van der Waals surface area contributed by atoms with Gasteiger partial charge in [-0.05, 0) is 18.6 Å². The minimum atomic E-state index is -4.05. The van der Waals surface area contributed by atoms with Crippen molar-refractivity contribution in [1.82, 2.24) is 4.72 Å². The Morgan fingerprint density at radius 2 is 2.10 bits per heavy atom. The van der Waals surface area contributed by atoms with Crippen LogP contribution in [0.5, 0.6) is 0 Å². The van der Waals surface area contributed by atoms with Gasteiger partial charge >= 0.3 is 11.7 Å². The van der Waals surface area contributed by atoms with E-state index in [0.717, 1.165) is 6.07 Å². The summed E-state index contributed by atoms with van der Waals surface area (Å²) in [7, 11) is -4.05. The van der Waals surface area contributed by atoms with Crippen LogP contribution in [0.2, 0.25) is 0 Å². The molecule has 0 saturated heterocycles. The average molecular weight is 306 g/mol. The summed E-state index contributed by atoms with van der Waals surface area (Å²) in [6.07, 6.45) is -0.149. The van der Waals surface area contributed by atoms with Gasteiger partial charge in [-0.25, -0.2) is 13.1 Å². The van der Waals surface area contributed by atoms with E-state index < -0.39 is 37.3 Å². The first-order chi connectivity index (χ1) is 9.24. The summed E-state index contributed by atoms with van der Waals surface area (Å²) < 4.78 is 38.7. The lowest BCUT2D eigenvalue weighted by Gasteiger charge is -2.06. The molecule has 1 aromatic rings. The van der Waals surface area contributed by atoms with Gasteiger partial charge in [-0.15, -0.1) is 0 Å². The molecule has 0 unspecified atom stereocenters. The minimum Gasteiger partial charge on any atom is -0.481 e. The molecule has 0 heterocycles. The smallest absolute Gasteiger partial charge is 0.306 e. The molecule has 0 saturated carbocycles. The molecule has 10 heteroatoms. The number of benzene rings is 1. The maximum Gasteiger partial charge on any atom is 0.306 e. The normalized spacial score (nSPS) is 11.2. The summed E-state index contributed by atoms with van der Waals surface area (Å²) in [5, 5.41) is 18.9. The number of carbonyl (C=O) groups is 1. The molecule has 0 radical (unpaired) electrons. The van der Waals surface area contributed by atoms with Gasteiger partial charge in [0.2, 0.25) is 15.8 Å². The fraction of sp³-hybridized carbons (Fsp3) is 0.300. The zero-order chi connectivity index (χ0) is 15.3. The van der Waals surface area contributed by atoms with Crippen LogP contribution in [0.3, 0.4) is 0 Å². The van der Waals surface area contributed by atoms with Crippen LogP contribution in [0, 0.1) is 15.9 Å². The summed E-state index contributed by atoms with van der Waals surface area (Å²) in [6, 6.07) is 2.18. The Balaban J connectivity index is 2.85. The van der Waals surface area contributed by atoms with Crippen molar-refractivity contribution in [1.29, 1.82) is 0 Å². The summed E-state index contributed by atoms with van der Waals surface area (Å²) in [6.45, 7) is -0.139. The van der Waals surface area contributed by atoms with E-state index in [9.17, 15) is 27.7 Å². The SMILES string of the molecule is O=C(O)CCCNS(=O)(=O)c1ccc(F)c([N+](=O)[O-])c1. The van der Waals surface area contributed by atoms with Crippen LogP contribution in [-0.2, 0) is 14.8 Å². The summed E-state index contributed by atoms with van der Waals surface area (Å²) in [4.78, 5) is 19.3. The van der Waals surface area contributed by atoms with Gasteiger partial charge in [0.15, 0.2) is 0 Å². The van der Waals surface area contributed by atoms with E-state index in [-0.39, 0.29) is 19.4 Å². The second-order valence-corrected chi connectivity index (χ2v) is 5.53. The molecule has 0 bridgehead atoms. The molecule has 2 N–H and O–H groups in total. The highest BCUT2D eigenvalue weighted by molar-refractivity contribution is 7.89. The lowest BCUT2D eigenvalue weighted by atomic mass is 10.3. The Hall–Kier alpha value is -2.07. The fourth-order valence-corrected chi connectivity index (χ4v) is 2.42. The van der Waals surface area contributed by atoms with Crippen molar-refractivity contribution in [3.63, 3.8) is 0 Å². The Labute approximate surface area is 113 Å². The molecule has 1 aromatic carbocycles. The monoisotopic (exact) mass is 306 g/mol. The van der Waals surface area contributed by atoms with Crippen molar-refractivity contribution < 1.29 is 27.6 Å². The van der Waals surface area contributed by atoms with Crippen molar-refractivity contribution in [2.45, 2.75) is 17.7 Å². The van der Waals surface area contributed by atoms with E-state index in [1.807, 2.05) is 0 Å². The van der Waals surface area contributed by atoms with Crippen LogP contribution in [0.4, 0.5) is 10.1 Å². The van der Waals surface area contributed by atoms with Gasteiger partial charge in [0, 0.05) is 19.0 Å². The second kappa shape index (κ2) is 6.39. The number of nitro groups is 1. The van der Waals surface area contributed by atoms with Crippen LogP contribution in [-0.4, -0.2) is 31.0 Å². The lowest BCUT2D eigenvalue weighted by Crippen LogP contribution is -2.25. The van der Waals surface area contributed by atoms with Gasteiger partial charge in [0.05, 0.1) is 9.82 Å². The maximum absolute atomic E-state index is 13.1. The van der Waals surface area contributed by atoms with Crippen LogP contribution in [0.25, 0.3) is 0 Å². The number of nitrogens with zero attached hydrogens (tertiary/aromatic N) is 1. The van der Waals surface area contributed by atoms with Gasteiger partial charge < -0.3 is 5.11 Å². The standard InChI is InChI=1S/C10H11FN2O6S/c11-8-4-3-7(6-9(8)13(16)17)20(18,19)12-5-1-2-10(14)15/h3-4,6,12H,1-2,5H2,(H,14,15). The number of nitro benzene ring substituents is 1. The van der Waals surface area contributed by atoms with Crippen LogP contribution < -0.4 is 4.72 Å². The molecule has 1 rings (SSSR count). The molecule has 110 valence electrons. The summed E-state index contributed by atoms with van der Waals surface area (Å²) >= 11 is 0. The maximum atomic E-state index is 13.1. The van der Waals surface area contributed by atoms with E-state index in [0.29, 0.717) is 12.1 Å². The number of carboxylic acids is 1. The third-order valence-electron chi connectivity index (χ3n) is 2.28. The lowest BCUT2D eigenvalue weighted by molar-refractivity contribution is -0.387. The Bertz CT molecular complexity index is 631. The van der Waals surface area contributed by atoms with Gasteiger partial charge in [-0.3, -0.25) is 14.9 Å². The number of halogens is 1. The van der Waals surface area contributed by atoms with Crippen LogP contribution in [0.1, 0.15) is 12.8 Å². The molecule has 0 fully saturated rings. The summed E-state index contributed by atoms with van der Waals surface area (Å²) in [5.41, 5.74) is -0.946. The van der Waals surface area contributed by atoms with Crippen molar-refractivity contribution in [3.8, 4) is 0 Å².